The average Bonchev–Trinajstić information content (AvgIpc) is 3.03. The minimum absolute atomic E-state index is 0.0168. The quantitative estimate of drug-likeness (QED) is 0.137. The standard InChI is InChI=1S/C35H36Cl3N3O4S/c1-3-4-19-39-35(43)33(22-26-10-6-5-7-11-26)40(23-27-13-18-31(37)32(38)21-27)34(42)24-41(29-12-8-9-25(2)20-29)46(44,45)30-16-14-28(36)15-17-30/h5-18,20-21,33H,3-4,19,22-24H2,1-2H3,(H,39,43)/t33-/m1/s1. The van der Waals surface area contributed by atoms with E-state index in [-0.39, 0.29) is 23.8 Å². The first-order valence-corrected chi connectivity index (χ1v) is 17.5. The number of benzene rings is 4. The Balaban J connectivity index is 1.80. The highest BCUT2D eigenvalue weighted by Gasteiger charge is 2.34. The molecule has 0 unspecified atom stereocenters. The van der Waals surface area contributed by atoms with E-state index in [9.17, 15) is 18.0 Å². The fraction of sp³-hybridized carbons (Fsp3) is 0.257. The SMILES string of the molecule is CCCCNC(=O)[C@@H](Cc1ccccc1)N(Cc1ccc(Cl)c(Cl)c1)C(=O)CN(c1cccc(C)c1)S(=O)(=O)c1ccc(Cl)cc1. The number of hydrogen-bond donors (Lipinski definition) is 1. The fourth-order valence-corrected chi connectivity index (χ4v) is 6.79. The number of anilines is 1. The molecule has 1 N–H and O–H groups in total. The zero-order valence-electron chi connectivity index (χ0n) is 25.6. The molecule has 0 aliphatic carbocycles. The van der Waals surface area contributed by atoms with Gasteiger partial charge in [-0.2, -0.15) is 0 Å². The van der Waals surface area contributed by atoms with Crippen molar-refractivity contribution in [2.45, 2.75) is 50.6 Å². The molecule has 0 aromatic heterocycles. The molecule has 7 nitrogen and oxygen atoms in total. The predicted molar refractivity (Wildman–Crippen MR) is 186 cm³/mol. The Morgan fingerprint density at radius 2 is 1.54 bits per heavy atom. The molecule has 4 aromatic carbocycles. The number of carbonyl (C=O) groups excluding carboxylic acids is 2. The number of nitrogens with one attached hydrogen (secondary N) is 1. The summed E-state index contributed by atoms with van der Waals surface area (Å²) in [6.45, 7) is 3.72. The summed E-state index contributed by atoms with van der Waals surface area (Å²) in [7, 11) is -4.24. The van der Waals surface area contributed by atoms with Crippen LogP contribution in [0.2, 0.25) is 15.1 Å². The van der Waals surface area contributed by atoms with E-state index in [1.807, 2.05) is 50.2 Å². The molecule has 4 rings (SSSR count). The van der Waals surface area contributed by atoms with Crippen LogP contribution in [0.4, 0.5) is 5.69 Å². The topological polar surface area (TPSA) is 86.8 Å². The smallest absolute Gasteiger partial charge is 0.264 e. The highest BCUT2D eigenvalue weighted by Crippen LogP contribution is 2.28. The maximum absolute atomic E-state index is 14.5. The van der Waals surface area contributed by atoms with E-state index in [1.54, 1.807) is 36.4 Å². The molecular formula is C35H36Cl3N3O4S. The van der Waals surface area contributed by atoms with Gasteiger partial charge in [-0.15, -0.1) is 0 Å². The highest BCUT2D eigenvalue weighted by molar-refractivity contribution is 7.92. The molecule has 4 aromatic rings. The summed E-state index contributed by atoms with van der Waals surface area (Å²) in [6.07, 6.45) is 1.86. The second-order valence-corrected chi connectivity index (χ2v) is 14.0. The van der Waals surface area contributed by atoms with Crippen LogP contribution in [0.25, 0.3) is 0 Å². The van der Waals surface area contributed by atoms with Crippen molar-refractivity contribution in [1.82, 2.24) is 10.2 Å². The second kappa shape index (κ2) is 16.3. The van der Waals surface area contributed by atoms with E-state index in [0.717, 1.165) is 28.3 Å². The van der Waals surface area contributed by atoms with Crippen molar-refractivity contribution < 1.29 is 18.0 Å². The summed E-state index contributed by atoms with van der Waals surface area (Å²) >= 11 is 18.6. The summed E-state index contributed by atoms with van der Waals surface area (Å²) in [5.74, 6) is -0.912. The van der Waals surface area contributed by atoms with Crippen LogP contribution in [0.15, 0.2) is 102 Å². The Kier molecular flexibility index (Phi) is 12.5. The van der Waals surface area contributed by atoms with Gasteiger partial charge in [-0.25, -0.2) is 8.42 Å². The summed E-state index contributed by atoms with van der Waals surface area (Å²) in [6, 6.07) is 26.1. The van der Waals surface area contributed by atoms with Gasteiger partial charge in [0.2, 0.25) is 11.8 Å². The number of rotatable bonds is 14. The number of carbonyl (C=O) groups is 2. The average molecular weight is 701 g/mol. The largest absolute Gasteiger partial charge is 0.354 e. The van der Waals surface area contributed by atoms with E-state index in [1.165, 1.54) is 29.2 Å². The molecule has 0 saturated heterocycles. The second-order valence-electron chi connectivity index (χ2n) is 10.9. The third-order valence-electron chi connectivity index (χ3n) is 7.41. The van der Waals surface area contributed by atoms with Crippen molar-refractivity contribution in [3.05, 3.63) is 129 Å². The van der Waals surface area contributed by atoms with Gasteiger partial charge in [-0.05, 0) is 78.6 Å². The molecule has 46 heavy (non-hydrogen) atoms. The number of halogens is 3. The lowest BCUT2D eigenvalue weighted by Gasteiger charge is -2.34. The number of amides is 2. The van der Waals surface area contributed by atoms with Crippen LogP contribution < -0.4 is 9.62 Å². The number of sulfonamides is 1. The molecule has 0 heterocycles. The monoisotopic (exact) mass is 699 g/mol. The van der Waals surface area contributed by atoms with Crippen LogP contribution >= 0.6 is 34.8 Å². The number of nitrogens with zero attached hydrogens (tertiary/aromatic N) is 2. The Morgan fingerprint density at radius 1 is 0.826 bits per heavy atom. The third-order valence-corrected chi connectivity index (χ3v) is 10.2. The lowest BCUT2D eigenvalue weighted by molar-refractivity contribution is -0.140. The van der Waals surface area contributed by atoms with Crippen molar-refractivity contribution in [3.8, 4) is 0 Å². The van der Waals surface area contributed by atoms with Crippen molar-refractivity contribution in [2.24, 2.45) is 0 Å². The highest BCUT2D eigenvalue weighted by atomic mass is 35.5. The van der Waals surface area contributed by atoms with Crippen molar-refractivity contribution >= 4 is 62.3 Å². The van der Waals surface area contributed by atoms with Gasteiger partial charge in [0.25, 0.3) is 10.0 Å². The fourth-order valence-electron chi connectivity index (χ4n) is 4.94. The molecule has 242 valence electrons. The predicted octanol–water partition coefficient (Wildman–Crippen LogP) is 7.71. The minimum Gasteiger partial charge on any atom is -0.354 e. The van der Waals surface area contributed by atoms with Gasteiger partial charge in [-0.1, -0.05) is 96.7 Å². The van der Waals surface area contributed by atoms with E-state index >= 15 is 0 Å². The van der Waals surface area contributed by atoms with Gasteiger partial charge < -0.3 is 10.2 Å². The van der Waals surface area contributed by atoms with Crippen LogP contribution in [0.5, 0.6) is 0 Å². The van der Waals surface area contributed by atoms with Crippen LogP contribution in [-0.4, -0.2) is 44.3 Å². The Bertz CT molecular complexity index is 1750. The maximum Gasteiger partial charge on any atom is 0.264 e. The molecule has 1 atom stereocenters. The van der Waals surface area contributed by atoms with E-state index in [4.69, 9.17) is 34.8 Å². The Labute approximate surface area is 286 Å². The van der Waals surface area contributed by atoms with E-state index < -0.39 is 28.5 Å². The lowest BCUT2D eigenvalue weighted by atomic mass is 10.0. The van der Waals surface area contributed by atoms with Gasteiger partial charge in [0.15, 0.2) is 0 Å². The van der Waals surface area contributed by atoms with Crippen LogP contribution in [0.1, 0.15) is 36.5 Å². The third kappa shape index (κ3) is 9.26. The zero-order valence-corrected chi connectivity index (χ0v) is 28.7. The minimum atomic E-state index is -4.24. The molecule has 0 bridgehead atoms. The summed E-state index contributed by atoms with van der Waals surface area (Å²) in [4.78, 5) is 29.8. The van der Waals surface area contributed by atoms with Gasteiger partial charge in [0.05, 0.1) is 20.6 Å². The molecular weight excluding hydrogens is 665 g/mol. The Morgan fingerprint density at radius 3 is 2.20 bits per heavy atom. The van der Waals surface area contributed by atoms with Crippen molar-refractivity contribution in [1.29, 1.82) is 0 Å². The first kappa shape index (κ1) is 35.3. The molecule has 0 aliphatic heterocycles. The molecule has 0 fully saturated rings. The molecule has 0 saturated carbocycles. The lowest BCUT2D eigenvalue weighted by Crippen LogP contribution is -2.53. The summed E-state index contributed by atoms with van der Waals surface area (Å²) in [5, 5.41) is 4.00. The van der Waals surface area contributed by atoms with Gasteiger partial charge in [-0.3, -0.25) is 13.9 Å². The van der Waals surface area contributed by atoms with Gasteiger partial charge >= 0.3 is 0 Å². The molecule has 0 spiro atoms. The van der Waals surface area contributed by atoms with Crippen LogP contribution in [0, 0.1) is 6.92 Å². The van der Waals surface area contributed by atoms with Crippen molar-refractivity contribution in [2.75, 3.05) is 17.4 Å². The summed E-state index contributed by atoms with van der Waals surface area (Å²) < 4.78 is 29.3. The van der Waals surface area contributed by atoms with Crippen molar-refractivity contribution in [3.63, 3.8) is 0 Å². The molecule has 11 heteroatoms. The first-order chi connectivity index (χ1) is 22.0. The van der Waals surface area contributed by atoms with E-state index in [2.05, 4.69) is 5.32 Å². The van der Waals surface area contributed by atoms with Gasteiger partial charge in [0, 0.05) is 24.5 Å². The normalized spacial score (nSPS) is 11.9. The Hall–Kier alpha value is -3.56. The molecule has 2 amide bonds. The maximum atomic E-state index is 14.5. The number of hydrogen-bond acceptors (Lipinski definition) is 4. The van der Waals surface area contributed by atoms with Crippen LogP contribution in [-0.2, 0) is 32.6 Å². The first-order valence-electron chi connectivity index (χ1n) is 14.9. The van der Waals surface area contributed by atoms with Gasteiger partial charge in [0.1, 0.15) is 12.6 Å². The molecule has 0 radical (unpaired) electrons. The zero-order chi connectivity index (χ0) is 33.3. The summed E-state index contributed by atoms with van der Waals surface area (Å²) in [5.41, 5.74) is 2.59. The number of aryl methyl sites for hydroxylation is 1. The van der Waals surface area contributed by atoms with Crippen LogP contribution in [0.3, 0.4) is 0 Å². The number of unbranched alkanes of at least 4 members (excludes halogenated alkanes) is 1. The molecule has 0 aliphatic rings. The van der Waals surface area contributed by atoms with E-state index in [0.29, 0.717) is 32.9 Å².